The second-order valence-corrected chi connectivity index (χ2v) is 11.1. The lowest BCUT2D eigenvalue weighted by atomic mass is 9.86. The lowest BCUT2D eigenvalue weighted by Crippen LogP contribution is -2.58. The summed E-state index contributed by atoms with van der Waals surface area (Å²) in [5.41, 5.74) is 0.756. The summed E-state index contributed by atoms with van der Waals surface area (Å²) in [6.07, 6.45) is 3.50. The number of hydrogen-bond donors (Lipinski definition) is 0. The number of piperidine rings is 1. The Morgan fingerprint density at radius 1 is 1.26 bits per heavy atom. The van der Waals surface area contributed by atoms with Gasteiger partial charge >= 0.3 is 6.09 Å². The molecular weight excluding hydrogens is 468 g/mol. The molecule has 4 rings (SSSR count). The minimum Gasteiger partial charge on any atom is -0.467 e. The van der Waals surface area contributed by atoms with Crippen LogP contribution >= 0.6 is 11.6 Å². The van der Waals surface area contributed by atoms with Crippen molar-refractivity contribution in [3.63, 3.8) is 0 Å². The molecule has 2 aliphatic rings. The number of aromatic nitrogens is 2. The van der Waals surface area contributed by atoms with Crippen LogP contribution in [-0.4, -0.2) is 65.4 Å². The van der Waals surface area contributed by atoms with Crippen molar-refractivity contribution in [1.29, 1.82) is 0 Å². The highest BCUT2D eigenvalue weighted by Gasteiger charge is 2.53. The second kappa shape index (κ2) is 9.82. The molecule has 0 radical (unpaired) electrons. The van der Waals surface area contributed by atoms with E-state index in [1.54, 1.807) is 19.2 Å². The molecule has 2 aliphatic heterocycles. The summed E-state index contributed by atoms with van der Waals surface area (Å²) in [7, 11) is 3.62. The molecule has 35 heavy (non-hydrogen) atoms. The van der Waals surface area contributed by atoms with E-state index in [9.17, 15) is 4.79 Å². The van der Waals surface area contributed by atoms with Gasteiger partial charge in [0.15, 0.2) is 12.6 Å². The van der Waals surface area contributed by atoms with Crippen LogP contribution < -0.4 is 9.64 Å². The topological polar surface area (TPSA) is 77.0 Å². The van der Waals surface area contributed by atoms with Crippen LogP contribution in [0.25, 0.3) is 11.3 Å². The van der Waals surface area contributed by atoms with Gasteiger partial charge in [0, 0.05) is 42.4 Å². The number of benzene rings is 1. The summed E-state index contributed by atoms with van der Waals surface area (Å²) in [6.45, 7) is 8.02. The van der Waals surface area contributed by atoms with Crippen LogP contribution in [0.2, 0.25) is 5.02 Å². The molecule has 3 heterocycles. The summed E-state index contributed by atoms with van der Waals surface area (Å²) in [5.74, 6) is 1.38. The zero-order valence-corrected chi connectivity index (χ0v) is 22.1. The molecule has 0 unspecified atom stereocenters. The fourth-order valence-electron chi connectivity index (χ4n) is 5.27. The fourth-order valence-corrected chi connectivity index (χ4v) is 5.43. The quantitative estimate of drug-likeness (QED) is 0.480. The summed E-state index contributed by atoms with van der Waals surface area (Å²) in [4.78, 5) is 17.1. The molecule has 8 nitrogen and oxygen atoms in total. The Morgan fingerprint density at radius 3 is 2.66 bits per heavy atom. The maximum Gasteiger partial charge on any atom is 0.410 e. The Bertz CT molecular complexity index is 1060. The molecule has 0 saturated carbocycles. The van der Waals surface area contributed by atoms with Crippen molar-refractivity contribution in [2.24, 2.45) is 0 Å². The van der Waals surface area contributed by atoms with Gasteiger partial charge in [-0.15, -0.1) is 10.2 Å². The molecule has 9 heteroatoms. The van der Waals surface area contributed by atoms with E-state index in [-0.39, 0.29) is 30.5 Å². The van der Waals surface area contributed by atoms with Crippen molar-refractivity contribution in [2.75, 3.05) is 25.9 Å². The Hall–Kier alpha value is -2.58. The molecule has 0 spiro atoms. The van der Waals surface area contributed by atoms with E-state index in [0.29, 0.717) is 16.5 Å². The lowest BCUT2D eigenvalue weighted by Gasteiger charge is -2.48. The van der Waals surface area contributed by atoms with E-state index in [1.807, 2.05) is 43.9 Å². The van der Waals surface area contributed by atoms with Crippen LogP contribution in [0.3, 0.4) is 0 Å². The minimum absolute atomic E-state index is 0.115. The number of hydrogen-bond acceptors (Lipinski definition) is 7. The maximum atomic E-state index is 13.0. The van der Waals surface area contributed by atoms with Crippen molar-refractivity contribution >= 4 is 23.5 Å². The zero-order chi connectivity index (χ0) is 25.4. The van der Waals surface area contributed by atoms with Gasteiger partial charge in [-0.3, -0.25) is 4.90 Å². The first kappa shape index (κ1) is 25.5. The molecule has 2 fully saturated rings. The van der Waals surface area contributed by atoms with E-state index < -0.39 is 5.60 Å². The monoisotopic (exact) mass is 502 g/mol. The van der Waals surface area contributed by atoms with Gasteiger partial charge in [0.05, 0.1) is 5.69 Å². The molecule has 2 saturated heterocycles. The van der Waals surface area contributed by atoms with Crippen LogP contribution in [0, 0.1) is 0 Å². The zero-order valence-electron chi connectivity index (χ0n) is 21.4. The molecule has 1 aromatic heterocycles. The van der Waals surface area contributed by atoms with E-state index in [0.717, 1.165) is 37.1 Å². The van der Waals surface area contributed by atoms with Crippen molar-refractivity contribution in [2.45, 2.75) is 76.6 Å². The number of ether oxygens (including phenoxy) is 3. The number of nitrogens with zero attached hydrogens (tertiary/aromatic N) is 4. The SMILES string of the molecule is COCOc1cc(Cl)ccc1-c1ccc(N(C)[C@@H]2C[C@H]3CC[C@@](C)(C2)N3C(=O)OC(C)(C)C)nn1. The molecule has 2 bridgehead atoms. The first-order valence-corrected chi connectivity index (χ1v) is 12.4. The average Bonchev–Trinajstić information content (AvgIpc) is 3.01. The number of methoxy groups -OCH3 is 1. The van der Waals surface area contributed by atoms with Gasteiger partial charge in [0.1, 0.15) is 11.4 Å². The summed E-state index contributed by atoms with van der Waals surface area (Å²) >= 11 is 6.14. The number of halogens is 1. The molecule has 190 valence electrons. The minimum atomic E-state index is -0.504. The van der Waals surface area contributed by atoms with E-state index >= 15 is 0 Å². The molecule has 3 atom stereocenters. The van der Waals surface area contributed by atoms with Gasteiger partial charge in [-0.1, -0.05) is 11.6 Å². The number of carbonyl (C=O) groups excluding carboxylic acids is 1. The van der Waals surface area contributed by atoms with Gasteiger partial charge in [0.2, 0.25) is 0 Å². The first-order valence-electron chi connectivity index (χ1n) is 12.0. The molecule has 1 aromatic carbocycles. The number of carbonyl (C=O) groups is 1. The smallest absolute Gasteiger partial charge is 0.410 e. The molecule has 0 aliphatic carbocycles. The highest BCUT2D eigenvalue weighted by Crippen LogP contribution is 2.46. The third kappa shape index (κ3) is 5.48. The van der Waals surface area contributed by atoms with Crippen molar-refractivity contribution in [1.82, 2.24) is 15.1 Å². The highest BCUT2D eigenvalue weighted by molar-refractivity contribution is 6.30. The van der Waals surface area contributed by atoms with Crippen LogP contribution in [0.1, 0.15) is 53.4 Å². The normalized spacial score (nSPS) is 23.8. The van der Waals surface area contributed by atoms with E-state index in [2.05, 4.69) is 29.1 Å². The summed E-state index contributed by atoms with van der Waals surface area (Å²) in [5, 5.41) is 9.57. The Kier molecular flexibility index (Phi) is 7.16. The predicted octanol–water partition coefficient (Wildman–Crippen LogP) is 5.54. The number of amides is 1. The molecule has 2 aromatic rings. The van der Waals surface area contributed by atoms with Gasteiger partial charge < -0.3 is 19.1 Å². The highest BCUT2D eigenvalue weighted by atomic mass is 35.5. The van der Waals surface area contributed by atoms with E-state index in [4.69, 9.17) is 25.8 Å². The number of fused-ring (bicyclic) bond motifs is 2. The molecule has 0 N–H and O–H groups in total. The fraction of sp³-hybridized carbons (Fsp3) is 0.577. The Morgan fingerprint density at radius 2 is 2.03 bits per heavy atom. The van der Waals surface area contributed by atoms with E-state index in [1.165, 1.54) is 0 Å². The largest absolute Gasteiger partial charge is 0.467 e. The summed E-state index contributed by atoms with van der Waals surface area (Å²) < 4.78 is 16.4. The third-order valence-corrected chi connectivity index (χ3v) is 7.12. The van der Waals surface area contributed by atoms with Gasteiger partial charge in [-0.05, 0) is 83.7 Å². The van der Waals surface area contributed by atoms with Gasteiger partial charge in [-0.25, -0.2) is 4.79 Å². The number of rotatable bonds is 6. The third-order valence-electron chi connectivity index (χ3n) is 6.88. The first-order chi connectivity index (χ1) is 16.5. The summed E-state index contributed by atoms with van der Waals surface area (Å²) in [6, 6.07) is 9.74. The van der Waals surface area contributed by atoms with Crippen LogP contribution in [-0.2, 0) is 9.47 Å². The number of anilines is 1. The maximum absolute atomic E-state index is 13.0. The van der Waals surface area contributed by atoms with Gasteiger partial charge in [0.25, 0.3) is 0 Å². The van der Waals surface area contributed by atoms with Crippen LogP contribution in [0.4, 0.5) is 10.6 Å². The Balaban J connectivity index is 1.49. The van der Waals surface area contributed by atoms with Crippen molar-refractivity contribution < 1.29 is 19.0 Å². The standard InChI is InChI=1S/C26H35ClN4O4/c1-25(2,3)35-24(32)31-18-11-12-26(31,4)15-19(14-18)30(5)23-10-9-21(28-29-23)20-8-7-17(27)13-22(20)34-16-33-6/h7-10,13,18-19H,11-12,14-16H2,1-6H3/t18-,19-,26+/m1/s1. The van der Waals surface area contributed by atoms with Crippen LogP contribution in [0.5, 0.6) is 5.75 Å². The average molecular weight is 503 g/mol. The van der Waals surface area contributed by atoms with Gasteiger partial charge in [-0.2, -0.15) is 0 Å². The predicted molar refractivity (Wildman–Crippen MR) is 136 cm³/mol. The van der Waals surface area contributed by atoms with Crippen LogP contribution in [0.15, 0.2) is 30.3 Å². The van der Waals surface area contributed by atoms with Crippen molar-refractivity contribution in [3.8, 4) is 17.0 Å². The molecule has 1 amide bonds. The Labute approximate surface area is 212 Å². The lowest BCUT2D eigenvalue weighted by molar-refractivity contribution is -0.0130. The van der Waals surface area contributed by atoms with Crippen molar-refractivity contribution in [3.05, 3.63) is 35.4 Å². The second-order valence-electron chi connectivity index (χ2n) is 10.7. The molecular formula is C26H35ClN4O4.